The smallest absolute Gasteiger partial charge is 0.338 e. The van der Waals surface area contributed by atoms with E-state index in [1.54, 1.807) is 7.05 Å². The van der Waals surface area contributed by atoms with Crippen molar-refractivity contribution in [2.24, 2.45) is 0 Å². The Bertz CT molecular complexity index is 1080. The van der Waals surface area contributed by atoms with E-state index < -0.39 is 22.1 Å². The molecular weight excluding hydrogens is 444 g/mol. The van der Waals surface area contributed by atoms with E-state index in [0.717, 1.165) is 31.2 Å². The molecule has 178 valence electrons. The third-order valence-corrected chi connectivity index (χ3v) is 7.18. The van der Waals surface area contributed by atoms with Crippen LogP contribution < -0.4 is 9.46 Å². The lowest BCUT2D eigenvalue weighted by molar-refractivity contribution is -0.139. The molecular formula is C24H30N2O6S. The Morgan fingerprint density at radius 3 is 2.42 bits per heavy atom. The van der Waals surface area contributed by atoms with Crippen LogP contribution in [0.2, 0.25) is 0 Å². The van der Waals surface area contributed by atoms with E-state index in [1.807, 2.05) is 30.3 Å². The second-order valence-corrected chi connectivity index (χ2v) is 9.88. The molecule has 1 amide bonds. The molecule has 9 heteroatoms. The summed E-state index contributed by atoms with van der Waals surface area (Å²) in [6.07, 6.45) is 2.46. The quantitative estimate of drug-likeness (QED) is 0.561. The molecule has 33 heavy (non-hydrogen) atoms. The molecule has 0 aromatic heterocycles. The summed E-state index contributed by atoms with van der Waals surface area (Å²) in [7, 11) is -0.896. The van der Waals surface area contributed by atoms with Gasteiger partial charge >= 0.3 is 5.97 Å². The first-order chi connectivity index (χ1) is 15.7. The molecule has 1 fully saturated rings. The minimum absolute atomic E-state index is 0.0213. The van der Waals surface area contributed by atoms with Gasteiger partial charge in [0.2, 0.25) is 10.0 Å². The molecule has 3 rings (SSSR count). The summed E-state index contributed by atoms with van der Waals surface area (Å²) in [4.78, 5) is 26.7. The van der Waals surface area contributed by atoms with Gasteiger partial charge in [-0.05, 0) is 43.5 Å². The first-order valence-electron chi connectivity index (χ1n) is 10.9. The number of likely N-dealkylation sites (N-methyl/N-ethyl adjacent to an activating group) is 1. The van der Waals surface area contributed by atoms with Crippen LogP contribution in [-0.2, 0) is 26.1 Å². The molecule has 0 bridgehead atoms. The van der Waals surface area contributed by atoms with E-state index in [9.17, 15) is 18.0 Å². The van der Waals surface area contributed by atoms with Gasteiger partial charge in [0, 0.05) is 19.6 Å². The molecule has 8 nitrogen and oxygen atoms in total. The maximum Gasteiger partial charge on any atom is 0.338 e. The number of nitrogens with one attached hydrogen (secondary N) is 1. The van der Waals surface area contributed by atoms with Crippen LogP contribution in [0.15, 0.2) is 53.4 Å². The third-order valence-electron chi connectivity index (χ3n) is 5.64. The van der Waals surface area contributed by atoms with Gasteiger partial charge in [-0.25, -0.2) is 17.9 Å². The number of ether oxygens (including phenoxy) is 2. The summed E-state index contributed by atoms with van der Waals surface area (Å²) in [5.41, 5.74) is 0.972. The van der Waals surface area contributed by atoms with E-state index in [-0.39, 0.29) is 28.2 Å². The highest BCUT2D eigenvalue weighted by Gasteiger charge is 2.28. The molecule has 0 spiro atoms. The normalized spacial score (nSPS) is 15.1. The number of amides is 1. The van der Waals surface area contributed by atoms with Gasteiger partial charge in [-0.3, -0.25) is 4.79 Å². The summed E-state index contributed by atoms with van der Waals surface area (Å²) in [5.74, 6) is -1.02. The number of carbonyl (C=O) groups is 2. The molecule has 0 heterocycles. The highest BCUT2D eigenvalue weighted by Crippen LogP contribution is 2.27. The minimum atomic E-state index is -3.89. The van der Waals surface area contributed by atoms with E-state index >= 15 is 0 Å². The lowest BCUT2D eigenvalue weighted by Crippen LogP contribution is -2.37. The highest BCUT2D eigenvalue weighted by atomic mass is 32.2. The van der Waals surface area contributed by atoms with Gasteiger partial charge in [0.25, 0.3) is 5.91 Å². The maximum absolute atomic E-state index is 12.9. The fourth-order valence-corrected chi connectivity index (χ4v) is 5.36. The Hall–Kier alpha value is -2.91. The molecule has 2 aromatic rings. The lowest BCUT2D eigenvalue weighted by atomic mass is 10.2. The molecule has 1 aliphatic carbocycles. The first-order valence-corrected chi connectivity index (χ1v) is 12.4. The van der Waals surface area contributed by atoms with Crippen molar-refractivity contribution in [3.8, 4) is 5.75 Å². The molecule has 2 aromatic carbocycles. The number of methoxy groups -OCH3 is 1. The van der Waals surface area contributed by atoms with Crippen molar-refractivity contribution in [2.45, 2.75) is 56.2 Å². The van der Waals surface area contributed by atoms with Gasteiger partial charge in [0.15, 0.2) is 6.10 Å². The fourth-order valence-electron chi connectivity index (χ4n) is 3.86. The molecule has 0 aliphatic heterocycles. The van der Waals surface area contributed by atoms with Crippen LogP contribution in [0.4, 0.5) is 0 Å². The summed E-state index contributed by atoms with van der Waals surface area (Å²) in [5, 5.41) is 0. The number of sulfonamides is 1. The van der Waals surface area contributed by atoms with E-state index in [0.29, 0.717) is 6.54 Å². The van der Waals surface area contributed by atoms with Crippen LogP contribution in [0.25, 0.3) is 0 Å². The average molecular weight is 475 g/mol. The van der Waals surface area contributed by atoms with Gasteiger partial charge in [0.05, 0.1) is 12.7 Å². The molecule has 0 saturated heterocycles. The third kappa shape index (κ3) is 6.33. The Kier molecular flexibility index (Phi) is 8.10. The molecule has 1 atom stereocenters. The van der Waals surface area contributed by atoms with Gasteiger partial charge in [-0.2, -0.15) is 0 Å². The van der Waals surface area contributed by atoms with Crippen molar-refractivity contribution in [1.29, 1.82) is 0 Å². The zero-order chi connectivity index (χ0) is 24.0. The van der Waals surface area contributed by atoms with Gasteiger partial charge in [-0.15, -0.1) is 0 Å². The van der Waals surface area contributed by atoms with Crippen molar-refractivity contribution in [1.82, 2.24) is 9.62 Å². The lowest BCUT2D eigenvalue weighted by Gasteiger charge is -2.22. The predicted octanol–water partition coefficient (Wildman–Crippen LogP) is 3.12. The summed E-state index contributed by atoms with van der Waals surface area (Å²) in [6.45, 7) is 1.86. The number of rotatable bonds is 9. The highest BCUT2D eigenvalue weighted by molar-refractivity contribution is 7.89. The summed E-state index contributed by atoms with van der Waals surface area (Å²) < 4.78 is 39.1. The number of benzene rings is 2. The van der Waals surface area contributed by atoms with Crippen LogP contribution in [0.1, 0.15) is 48.5 Å². The van der Waals surface area contributed by atoms with Crippen molar-refractivity contribution >= 4 is 21.9 Å². The summed E-state index contributed by atoms with van der Waals surface area (Å²) >= 11 is 0. The molecule has 0 radical (unpaired) electrons. The Morgan fingerprint density at radius 2 is 1.79 bits per heavy atom. The van der Waals surface area contributed by atoms with Crippen molar-refractivity contribution in [3.05, 3.63) is 59.7 Å². The van der Waals surface area contributed by atoms with Crippen molar-refractivity contribution in [2.75, 3.05) is 14.2 Å². The predicted molar refractivity (Wildman–Crippen MR) is 123 cm³/mol. The average Bonchev–Trinajstić information content (AvgIpc) is 3.30. The zero-order valence-electron chi connectivity index (χ0n) is 19.1. The number of hydrogen-bond donors (Lipinski definition) is 1. The Morgan fingerprint density at radius 1 is 1.12 bits per heavy atom. The summed E-state index contributed by atoms with van der Waals surface area (Å²) in [6, 6.07) is 13.4. The van der Waals surface area contributed by atoms with Gasteiger partial charge in [0.1, 0.15) is 10.6 Å². The first kappa shape index (κ1) is 24.7. The van der Waals surface area contributed by atoms with Gasteiger partial charge < -0.3 is 14.4 Å². The SMILES string of the molecule is COc1ccc(C(=O)OC(C)C(=O)N(C)Cc2ccccc2)cc1S(=O)(=O)NC1CCCC1. The van der Waals surface area contributed by atoms with Crippen LogP contribution in [0.5, 0.6) is 5.75 Å². The van der Waals surface area contributed by atoms with Crippen molar-refractivity contribution < 1.29 is 27.5 Å². The van der Waals surface area contributed by atoms with E-state index in [1.165, 1.54) is 37.1 Å². The Labute approximate surface area is 194 Å². The van der Waals surface area contributed by atoms with E-state index in [4.69, 9.17) is 9.47 Å². The molecule has 1 saturated carbocycles. The molecule has 1 N–H and O–H groups in total. The second-order valence-electron chi connectivity index (χ2n) is 8.20. The topological polar surface area (TPSA) is 102 Å². The fraction of sp³-hybridized carbons (Fsp3) is 0.417. The molecule has 1 aliphatic rings. The van der Waals surface area contributed by atoms with Crippen LogP contribution in [0.3, 0.4) is 0 Å². The zero-order valence-corrected chi connectivity index (χ0v) is 19.9. The Balaban J connectivity index is 1.71. The number of nitrogens with zero attached hydrogens (tertiary/aromatic N) is 1. The molecule has 1 unspecified atom stereocenters. The van der Waals surface area contributed by atoms with Crippen LogP contribution in [0, 0.1) is 0 Å². The van der Waals surface area contributed by atoms with Crippen molar-refractivity contribution in [3.63, 3.8) is 0 Å². The maximum atomic E-state index is 12.9. The van der Waals surface area contributed by atoms with Crippen LogP contribution >= 0.6 is 0 Å². The van der Waals surface area contributed by atoms with Gasteiger partial charge in [-0.1, -0.05) is 43.2 Å². The standard InChI is InChI=1S/C24H30N2O6S/c1-17(23(27)26(2)16-18-9-5-4-6-10-18)32-24(28)19-13-14-21(31-3)22(15-19)33(29,30)25-20-11-7-8-12-20/h4-6,9-10,13-15,17,20,25H,7-8,11-12,16H2,1-3H3. The number of hydrogen-bond acceptors (Lipinski definition) is 6. The number of esters is 1. The monoisotopic (exact) mass is 474 g/mol. The largest absolute Gasteiger partial charge is 0.495 e. The minimum Gasteiger partial charge on any atom is -0.495 e. The van der Waals surface area contributed by atoms with Crippen LogP contribution in [-0.4, -0.2) is 51.5 Å². The second kappa shape index (κ2) is 10.8. The number of carbonyl (C=O) groups excluding carboxylic acids is 2. The van der Waals surface area contributed by atoms with E-state index in [2.05, 4.69) is 4.72 Å².